The fourth-order valence-corrected chi connectivity index (χ4v) is 5.17. The van der Waals surface area contributed by atoms with Crippen molar-refractivity contribution in [3.05, 3.63) is 44.6 Å². The number of rotatable bonds is 5. The lowest BCUT2D eigenvalue weighted by molar-refractivity contribution is 0.414. The van der Waals surface area contributed by atoms with Gasteiger partial charge in [0, 0.05) is 11.4 Å². The third-order valence-electron chi connectivity index (χ3n) is 2.73. The predicted molar refractivity (Wildman–Crippen MR) is 83.8 cm³/mol. The van der Waals surface area contributed by atoms with E-state index in [2.05, 4.69) is 20.7 Å². The molecule has 2 aromatic rings. The highest BCUT2D eigenvalue weighted by molar-refractivity contribution is 9.11. The average molecular weight is 376 g/mol. The molecule has 4 nitrogen and oxygen atoms in total. The van der Waals surface area contributed by atoms with Gasteiger partial charge in [-0.2, -0.15) is 0 Å². The molecule has 2 rings (SSSR count). The quantitative estimate of drug-likeness (QED) is 0.871. The van der Waals surface area contributed by atoms with Crippen LogP contribution in [-0.2, 0) is 16.6 Å². The van der Waals surface area contributed by atoms with Gasteiger partial charge in [0.15, 0.2) is 0 Å². The average Bonchev–Trinajstić information content (AvgIpc) is 2.77. The molecule has 0 amide bonds. The normalized spacial score (nSPS) is 11.6. The topological polar surface area (TPSA) is 55.4 Å². The number of ether oxygens (including phenoxy) is 1. The first-order valence-electron chi connectivity index (χ1n) is 5.81. The van der Waals surface area contributed by atoms with Gasteiger partial charge in [0.1, 0.15) is 5.75 Å². The SMILES string of the molecule is COc1cccc(CNS(=O)(=O)c2cc(Br)sc2C)c1. The Kier molecular flexibility index (Phi) is 4.85. The summed E-state index contributed by atoms with van der Waals surface area (Å²) in [5, 5.41) is 0. The third kappa shape index (κ3) is 3.60. The predicted octanol–water partition coefficient (Wildman–Crippen LogP) is 3.31. The Bertz CT molecular complexity index is 710. The molecule has 0 unspecified atom stereocenters. The molecular weight excluding hydrogens is 362 g/mol. The summed E-state index contributed by atoms with van der Waals surface area (Å²) in [5.41, 5.74) is 0.847. The first kappa shape index (κ1) is 15.5. The maximum Gasteiger partial charge on any atom is 0.242 e. The van der Waals surface area contributed by atoms with Crippen LogP contribution in [0.5, 0.6) is 5.75 Å². The van der Waals surface area contributed by atoms with Crippen LogP contribution in [0.4, 0.5) is 0 Å². The summed E-state index contributed by atoms with van der Waals surface area (Å²) in [6.45, 7) is 2.02. The third-order valence-corrected chi connectivity index (χ3v) is 5.94. The molecule has 0 bridgehead atoms. The Balaban J connectivity index is 2.15. The monoisotopic (exact) mass is 375 g/mol. The Morgan fingerprint density at radius 1 is 1.35 bits per heavy atom. The van der Waals surface area contributed by atoms with E-state index in [4.69, 9.17) is 4.74 Å². The van der Waals surface area contributed by atoms with E-state index in [1.807, 2.05) is 18.2 Å². The molecule has 1 N–H and O–H groups in total. The second-order valence-electron chi connectivity index (χ2n) is 4.15. The zero-order chi connectivity index (χ0) is 14.8. The Hall–Kier alpha value is -0.890. The van der Waals surface area contributed by atoms with Crippen molar-refractivity contribution in [2.75, 3.05) is 7.11 Å². The molecule has 108 valence electrons. The molecule has 0 atom stereocenters. The van der Waals surface area contributed by atoms with Crippen LogP contribution in [0.3, 0.4) is 0 Å². The van der Waals surface area contributed by atoms with E-state index in [0.29, 0.717) is 10.6 Å². The van der Waals surface area contributed by atoms with Crippen molar-refractivity contribution >= 4 is 37.3 Å². The zero-order valence-electron chi connectivity index (χ0n) is 11.0. The number of aryl methyl sites for hydroxylation is 1. The maximum absolute atomic E-state index is 12.2. The van der Waals surface area contributed by atoms with Gasteiger partial charge in [0.2, 0.25) is 10.0 Å². The van der Waals surface area contributed by atoms with Crippen molar-refractivity contribution in [3.63, 3.8) is 0 Å². The van der Waals surface area contributed by atoms with Crippen molar-refractivity contribution in [1.82, 2.24) is 4.72 Å². The number of methoxy groups -OCH3 is 1. The molecule has 7 heteroatoms. The lowest BCUT2D eigenvalue weighted by Crippen LogP contribution is -2.23. The van der Waals surface area contributed by atoms with Crippen molar-refractivity contribution in [1.29, 1.82) is 0 Å². The van der Waals surface area contributed by atoms with Gasteiger partial charge in [0.05, 0.1) is 15.8 Å². The van der Waals surface area contributed by atoms with Gasteiger partial charge in [-0.1, -0.05) is 12.1 Å². The molecule has 0 aliphatic rings. The van der Waals surface area contributed by atoms with Gasteiger partial charge in [0.25, 0.3) is 0 Å². The highest BCUT2D eigenvalue weighted by atomic mass is 79.9. The number of nitrogens with one attached hydrogen (secondary N) is 1. The van der Waals surface area contributed by atoms with Crippen LogP contribution in [0.1, 0.15) is 10.4 Å². The summed E-state index contributed by atoms with van der Waals surface area (Å²) < 4.78 is 33.0. The van der Waals surface area contributed by atoms with Crippen LogP contribution >= 0.6 is 27.3 Å². The van der Waals surface area contributed by atoms with Gasteiger partial charge < -0.3 is 4.74 Å². The molecule has 0 radical (unpaired) electrons. The molecule has 0 saturated heterocycles. The van der Waals surface area contributed by atoms with E-state index in [1.165, 1.54) is 11.3 Å². The minimum absolute atomic E-state index is 0.229. The maximum atomic E-state index is 12.2. The number of hydrogen-bond donors (Lipinski definition) is 1. The summed E-state index contributed by atoms with van der Waals surface area (Å²) in [4.78, 5) is 1.08. The molecule has 0 aliphatic carbocycles. The number of sulfonamides is 1. The van der Waals surface area contributed by atoms with Gasteiger partial charge in [-0.3, -0.25) is 0 Å². The molecule has 1 heterocycles. The van der Waals surface area contributed by atoms with Crippen LogP contribution in [0.15, 0.2) is 39.0 Å². The smallest absolute Gasteiger partial charge is 0.242 e. The summed E-state index contributed by atoms with van der Waals surface area (Å²) in [7, 11) is -1.92. The lowest BCUT2D eigenvalue weighted by atomic mass is 10.2. The minimum atomic E-state index is -3.50. The zero-order valence-corrected chi connectivity index (χ0v) is 14.2. The van der Waals surface area contributed by atoms with E-state index in [9.17, 15) is 8.42 Å². The fourth-order valence-electron chi connectivity index (χ4n) is 1.74. The summed E-state index contributed by atoms with van der Waals surface area (Å²) in [6, 6.07) is 8.92. The van der Waals surface area contributed by atoms with Gasteiger partial charge in [-0.15, -0.1) is 11.3 Å². The Labute approximate surface area is 131 Å². The second kappa shape index (κ2) is 6.26. The molecule has 0 fully saturated rings. The Morgan fingerprint density at radius 2 is 2.10 bits per heavy atom. The lowest BCUT2D eigenvalue weighted by Gasteiger charge is -2.07. The van der Waals surface area contributed by atoms with Crippen molar-refractivity contribution in [2.45, 2.75) is 18.4 Å². The molecule has 20 heavy (non-hydrogen) atoms. The number of hydrogen-bond acceptors (Lipinski definition) is 4. The van der Waals surface area contributed by atoms with Gasteiger partial charge in [-0.25, -0.2) is 13.1 Å². The van der Waals surface area contributed by atoms with E-state index < -0.39 is 10.0 Å². The number of thiophene rings is 1. The fraction of sp³-hybridized carbons (Fsp3) is 0.231. The Morgan fingerprint density at radius 3 is 2.70 bits per heavy atom. The highest BCUT2D eigenvalue weighted by Crippen LogP contribution is 2.29. The van der Waals surface area contributed by atoms with Crippen molar-refractivity contribution in [2.24, 2.45) is 0 Å². The first-order valence-corrected chi connectivity index (χ1v) is 8.90. The van der Waals surface area contributed by atoms with Crippen LogP contribution in [0.2, 0.25) is 0 Å². The molecular formula is C13H14BrNO3S2. The highest BCUT2D eigenvalue weighted by Gasteiger charge is 2.19. The number of halogens is 1. The van der Waals surface area contributed by atoms with Crippen LogP contribution in [0, 0.1) is 6.92 Å². The van der Waals surface area contributed by atoms with Gasteiger partial charge in [-0.05, 0) is 46.6 Å². The standard InChI is InChI=1S/C13H14BrNO3S2/c1-9-12(7-13(14)19-9)20(16,17)15-8-10-4-3-5-11(6-10)18-2/h3-7,15H,8H2,1-2H3. The van der Waals surface area contributed by atoms with E-state index in [-0.39, 0.29) is 6.54 Å². The summed E-state index contributed by atoms with van der Waals surface area (Å²) in [5.74, 6) is 0.705. The second-order valence-corrected chi connectivity index (χ2v) is 8.52. The molecule has 0 spiro atoms. The van der Waals surface area contributed by atoms with Gasteiger partial charge >= 0.3 is 0 Å². The van der Waals surface area contributed by atoms with Crippen LogP contribution in [-0.4, -0.2) is 15.5 Å². The molecule has 0 aliphatic heterocycles. The summed E-state index contributed by atoms with van der Waals surface area (Å²) >= 11 is 4.70. The first-order chi connectivity index (χ1) is 9.42. The molecule has 0 saturated carbocycles. The van der Waals surface area contributed by atoms with Crippen LogP contribution in [0.25, 0.3) is 0 Å². The van der Waals surface area contributed by atoms with E-state index in [0.717, 1.165) is 14.2 Å². The number of benzene rings is 1. The molecule has 1 aromatic carbocycles. The van der Waals surface area contributed by atoms with Crippen molar-refractivity contribution in [3.8, 4) is 5.75 Å². The van der Waals surface area contributed by atoms with E-state index in [1.54, 1.807) is 26.2 Å². The molecule has 1 aromatic heterocycles. The van der Waals surface area contributed by atoms with Crippen molar-refractivity contribution < 1.29 is 13.2 Å². The summed E-state index contributed by atoms with van der Waals surface area (Å²) in [6.07, 6.45) is 0. The van der Waals surface area contributed by atoms with Crippen LogP contribution < -0.4 is 9.46 Å². The largest absolute Gasteiger partial charge is 0.497 e. The van der Waals surface area contributed by atoms with E-state index >= 15 is 0 Å². The minimum Gasteiger partial charge on any atom is -0.497 e.